The molecule has 0 saturated carbocycles. The molecule has 3 heterocycles. The van der Waals surface area contributed by atoms with Crippen LogP contribution in [0.25, 0.3) is 10.2 Å². The highest BCUT2D eigenvalue weighted by atomic mass is 32.2. The zero-order valence-electron chi connectivity index (χ0n) is 22.6. The summed E-state index contributed by atoms with van der Waals surface area (Å²) in [6.45, 7) is 6.49. The molecule has 0 amide bonds. The van der Waals surface area contributed by atoms with E-state index < -0.39 is 9.84 Å². The van der Waals surface area contributed by atoms with E-state index in [1.165, 1.54) is 17.6 Å². The van der Waals surface area contributed by atoms with Crippen LogP contribution in [0.4, 0.5) is 5.95 Å². The Hall–Kier alpha value is -3.85. The van der Waals surface area contributed by atoms with E-state index in [0.29, 0.717) is 34.0 Å². The number of aromatic nitrogens is 2. The van der Waals surface area contributed by atoms with Gasteiger partial charge in [0.1, 0.15) is 10.4 Å². The van der Waals surface area contributed by atoms with Gasteiger partial charge in [0, 0.05) is 19.0 Å². The maximum atomic E-state index is 11.7. The summed E-state index contributed by atoms with van der Waals surface area (Å²) in [7, 11) is -3.18. The Bertz CT molecular complexity index is 1680. The number of nitriles is 1. The first-order chi connectivity index (χ1) is 19.2. The molecule has 0 radical (unpaired) electrons. The first-order valence-corrected chi connectivity index (χ1v) is 15.7. The van der Waals surface area contributed by atoms with Gasteiger partial charge < -0.3 is 4.74 Å². The second-order valence-electron chi connectivity index (χ2n) is 10.1. The van der Waals surface area contributed by atoms with Gasteiger partial charge in [0.05, 0.1) is 22.0 Å². The largest absolute Gasteiger partial charge is 0.437 e. The van der Waals surface area contributed by atoms with Crippen LogP contribution >= 0.6 is 11.3 Å². The third-order valence-electron chi connectivity index (χ3n) is 6.90. The Morgan fingerprint density at radius 2 is 1.85 bits per heavy atom. The monoisotopic (exact) mass is 574 g/mol. The highest BCUT2D eigenvalue weighted by Crippen LogP contribution is 2.35. The summed E-state index contributed by atoms with van der Waals surface area (Å²) in [6, 6.07) is 14.8. The summed E-state index contributed by atoms with van der Waals surface area (Å²) in [5.41, 5.74) is 7.18. The van der Waals surface area contributed by atoms with Crippen molar-refractivity contribution in [2.75, 3.05) is 24.8 Å². The molecule has 11 heteroatoms. The quantitative estimate of drug-likeness (QED) is 0.211. The number of rotatable bonds is 8. The van der Waals surface area contributed by atoms with Gasteiger partial charge in [0.2, 0.25) is 11.8 Å². The van der Waals surface area contributed by atoms with E-state index in [0.717, 1.165) is 59.4 Å². The van der Waals surface area contributed by atoms with Gasteiger partial charge in [-0.05, 0) is 98.1 Å². The molecule has 1 aliphatic heterocycles. The minimum absolute atomic E-state index is 0.334. The van der Waals surface area contributed by atoms with Crippen molar-refractivity contribution < 1.29 is 13.2 Å². The number of nitrogens with zero attached hydrogens (tertiary/aromatic N) is 5. The fraction of sp³-hybridized carbons (Fsp3) is 0.310. The molecular formula is C29H30N6O3S2. The van der Waals surface area contributed by atoms with Crippen LogP contribution in [0.3, 0.4) is 0 Å². The van der Waals surface area contributed by atoms with Gasteiger partial charge in [-0.25, -0.2) is 18.8 Å². The average molecular weight is 575 g/mol. The number of hydrazone groups is 1. The Balaban J connectivity index is 1.20. The first kappa shape index (κ1) is 27.7. The Morgan fingerprint density at radius 3 is 2.50 bits per heavy atom. The maximum absolute atomic E-state index is 11.7. The van der Waals surface area contributed by atoms with Crippen molar-refractivity contribution in [3.8, 4) is 17.7 Å². The zero-order valence-corrected chi connectivity index (χ0v) is 24.2. The number of hydrogen-bond donors (Lipinski definition) is 1. The van der Waals surface area contributed by atoms with Crippen molar-refractivity contribution in [1.29, 1.82) is 5.26 Å². The first-order valence-electron chi connectivity index (χ1n) is 12.9. The molecular weight excluding hydrogens is 544 g/mol. The van der Waals surface area contributed by atoms with E-state index in [-0.39, 0.29) is 0 Å². The van der Waals surface area contributed by atoms with E-state index in [4.69, 9.17) is 4.74 Å². The summed E-state index contributed by atoms with van der Waals surface area (Å²) in [5.74, 6) is 1.82. The zero-order chi connectivity index (χ0) is 28.3. The number of aryl methyl sites for hydroxylation is 2. The van der Waals surface area contributed by atoms with E-state index in [1.807, 2.05) is 43.6 Å². The van der Waals surface area contributed by atoms with Crippen LogP contribution in [0, 0.1) is 31.1 Å². The van der Waals surface area contributed by atoms with Crippen molar-refractivity contribution in [3.63, 3.8) is 0 Å². The van der Waals surface area contributed by atoms with Gasteiger partial charge in [0.15, 0.2) is 9.84 Å². The number of hydrogen-bond acceptors (Lipinski definition) is 10. The van der Waals surface area contributed by atoms with Crippen LogP contribution < -0.4 is 10.2 Å². The van der Waals surface area contributed by atoms with Gasteiger partial charge in [0.25, 0.3) is 0 Å². The lowest BCUT2D eigenvalue weighted by atomic mass is 9.98. The van der Waals surface area contributed by atoms with Gasteiger partial charge >= 0.3 is 0 Å². The van der Waals surface area contributed by atoms with Crippen LogP contribution in [0.1, 0.15) is 35.1 Å². The van der Waals surface area contributed by atoms with Crippen LogP contribution in [0.15, 0.2) is 57.8 Å². The second-order valence-corrected chi connectivity index (χ2v) is 13.0. The Morgan fingerprint density at radius 1 is 1.15 bits per heavy atom. The van der Waals surface area contributed by atoms with Gasteiger partial charge in [-0.2, -0.15) is 15.3 Å². The molecule has 206 valence electrons. The molecule has 2 aromatic carbocycles. The molecule has 0 aliphatic carbocycles. The van der Waals surface area contributed by atoms with Crippen molar-refractivity contribution in [1.82, 2.24) is 14.9 Å². The van der Waals surface area contributed by atoms with Crippen LogP contribution in [0.5, 0.6) is 11.6 Å². The highest BCUT2D eigenvalue weighted by Gasteiger charge is 2.19. The molecule has 4 aromatic rings. The smallest absolute Gasteiger partial charge is 0.247 e. The molecule has 1 saturated heterocycles. The summed E-state index contributed by atoms with van der Waals surface area (Å²) in [5, 5.41) is 15.6. The minimum atomic E-state index is -3.18. The third-order valence-corrected chi connectivity index (χ3v) is 8.92. The number of benzene rings is 2. The van der Waals surface area contributed by atoms with Crippen LogP contribution in [0.2, 0.25) is 0 Å². The standard InChI is InChI=1S/C29H30N6O3S2/c1-19-14-23(16-30)15-20(2)26(19)38-28-27-25(10-13-39-27)32-29(33-28)34-31-17-21-8-11-35(12-9-21)18-22-4-6-24(7-5-22)40(3,36)37/h4-7,10,13-15,17,21H,8-9,11-12,18H2,1-3H3,(H,32,33,34)/b31-17+. The normalized spacial score (nSPS) is 14.9. The number of piperidine rings is 1. The summed E-state index contributed by atoms with van der Waals surface area (Å²) >= 11 is 1.51. The molecule has 1 N–H and O–H groups in total. The fourth-order valence-electron chi connectivity index (χ4n) is 4.79. The van der Waals surface area contributed by atoms with Crippen molar-refractivity contribution in [2.45, 2.75) is 38.1 Å². The highest BCUT2D eigenvalue weighted by molar-refractivity contribution is 7.90. The lowest BCUT2D eigenvalue weighted by Crippen LogP contribution is -2.33. The molecule has 0 unspecified atom stereocenters. The van der Waals surface area contributed by atoms with E-state index in [1.54, 1.807) is 24.3 Å². The summed E-state index contributed by atoms with van der Waals surface area (Å²) in [4.78, 5) is 11.9. The molecule has 2 aromatic heterocycles. The third kappa shape index (κ3) is 6.47. The van der Waals surface area contributed by atoms with Crippen molar-refractivity contribution in [2.24, 2.45) is 11.0 Å². The second kappa shape index (κ2) is 11.7. The number of fused-ring (bicyclic) bond motifs is 1. The molecule has 1 aliphatic rings. The molecule has 1 fully saturated rings. The van der Waals surface area contributed by atoms with Crippen LogP contribution in [-0.4, -0.2) is 48.8 Å². The maximum Gasteiger partial charge on any atom is 0.247 e. The summed E-state index contributed by atoms with van der Waals surface area (Å²) < 4.78 is 30.5. The number of nitrogens with one attached hydrogen (secondary N) is 1. The molecule has 0 atom stereocenters. The SMILES string of the molecule is Cc1cc(C#N)cc(C)c1Oc1nc(N/N=C/C2CCN(Cc3ccc(S(C)(=O)=O)cc3)CC2)nc2ccsc12. The van der Waals surface area contributed by atoms with Crippen molar-refractivity contribution in [3.05, 3.63) is 70.1 Å². The minimum Gasteiger partial charge on any atom is -0.437 e. The van der Waals surface area contributed by atoms with Gasteiger partial charge in [-0.15, -0.1) is 11.3 Å². The predicted molar refractivity (Wildman–Crippen MR) is 158 cm³/mol. The number of thiophene rings is 1. The lowest BCUT2D eigenvalue weighted by molar-refractivity contribution is 0.203. The molecule has 0 bridgehead atoms. The molecule has 9 nitrogen and oxygen atoms in total. The van der Waals surface area contributed by atoms with E-state index in [2.05, 4.69) is 31.5 Å². The lowest BCUT2D eigenvalue weighted by Gasteiger charge is -2.30. The predicted octanol–water partition coefficient (Wildman–Crippen LogP) is 5.69. The number of anilines is 1. The average Bonchev–Trinajstić information content (AvgIpc) is 3.40. The van der Waals surface area contributed by atoms with E-state index in [9.17, 15) is 13.7 Å². The van der Waals surface area contributed by atoms with Crippen molar-refractivity contribution >= 4 is 43.6 Å². The summed E-state index contributed by atoms with van der Waals surface area (Å²) in [6.07, 6.45) is 5.10. The number of sulfone groups is 1. The van der Waals surface area contributed by atoms with Gasteiger partial charge in [-0.3, -0.25) is 4.90 Å². The number of ether oxygens (including phenoxy) is 1. The van der Waals surface area contributed by atoms with Gasteiger partial charge in [-0.1, -0.05) is 12.1 Å². The fourth-order valence-corrected chi connectivity index (χ4v) is 6.18. The topological polar surface area (TPSA) is 121 Å². The molecule has 40 heavy (non-hydrogen) atoms. The molecule has 0 spiro atoms. The Labute approximate surface area is 238 Å². The molecule has 5 rings (SSSR count). The Kier molecular flexibility index (Phi) is 8.12. The van der Waals surface area contributed by atoms with Crippen LogP contribution in [-0.2, 0) is 16.4 Å². The van der Waals surface area contributed by atoms with E-state index >= 15 is 0 Å². The number of likely N-dealkylation sites (tertiary alicyclic amines) is 1.